The lowest BCUT2D eigenvalue weighted by molar-refractivity contribution is 0.540. The molecule has 0 aliphatic carbocycles. The molecule has 1 N–H and O–H groups in total. The van der Waals surface area contributed by atoms with Crippen molar-refractivity contribution in [3.8, 4) is 0 Å². The number of nitrogens with zero attached hydrogens (tertiary/aromatic N) is 3. The topological polar surface area (TPSA) is 42.2 Å². The third-order valence-electron chi connectivity index (χ3n) is 3.63. The van der Waals surface area contributed by atoms with Crippen LogP contribution in [0.25, 0.3) is 5.65 Å². The SMILES string of the molecule is Cc1cc(Cl)ccc1CNC(C)c1nnc2ccccn12. The van der Waals surface area contributed by atoms with E-state index < -0.39 is 0 Å². The summed E-state index contributed by atoms with van der Waals surface area (Å²) >= 11 is 5.98. The van der Waals surface area contributed by atoms with Gasteiger partial charge in [-0.1, -0.05) is 23.7 Å². The van der Waals surface area contributed by atoms with Crippen LogP contribution in [0.3, 0.4) is 0 Å². The van der Waals surface area contributed by atoms with Gasteiger partial charge in [-0.2, -0.15) is 0 Å². The molecule has 4 nitrogen and oxygen atoms in total. The van der Waals surface area contributed by atoms with Crippen LogP contribution < -0.4 is 5.32 Å². The van der Waals surface area contributed by atoms with Crippen LogP contribution in [0.4, 0.5) is 0 Å². The minimum atomic E-state index is 0.109. The Morgan fingerprint density at radius 3 is 2.90 bits per heavy atom. The summed E-state index contributed by atoms with van der Waals surface area (Å²) in [6.07, 6.45) is 1.98. The van der Waals surface area contributed by atoms with Gasteiger partial charge in [-0.25, -0.2) is 0 Å². The van der Waals surface area contributed by atoms with Gasteiger partial charge in [-0.15, -0.1) is 10.2 Å². The van der Waals surface area contributed by atoms with E-state index in [9.17, 15) is 0 Å². The highest BCUT2D eigenvalue weighted by molar-refractivity contribution is 6.30. The van der Waals surface area contributed by atoms with E-state index in [1.54, 1.807) is 0 Å². The smallest absolute Gasteiger partial charge is 0.160 e. The first-order valence-corrected chi connectivity index (χ1v) is 7.31. The molecule has 0 aliphatic rings. The molecule has 0 spiro atoms. The van der Waals surface area contributed by atoms with Crippen LogP contribution >= 0.6 is 11.6 Å². The van der Waals surface area contributed by atoms with Gasteiger partial charge in [0, 0.05) is 17.8 Å². The van der Waals surface area contributed by atoms with Crippen molar-refractivity contribution in [2.45, 2.75) is 26.4 Å². The van der Waals surface area contributed by atoms with Gasteiger partial charge in [0.15, 0.2) is 11.5 Å². The second-order valence-electron chi connectivity index (χ2n) is 5.16. The summed E-state index contributed by atoms with van der Waals surface area (Å²) in [6.45, 7) is 4.93. The highest BCUT2D eigenvalue weighted by Gasteiger charge is 2.12. The van der Waals surface area contributed by atoms with Gasteiger partial charge >= 0.3 is 0 Å². The zero-order valence-electron chi connectivity index (χ0n) is 12.0. The van der Waals surface area contributed by atoms with E-state index >= 15 is 0 Å². The van der Waals surface area contributed by atoms with Crippen LogP contribution in [-0.2, 0) is 6.54 Å². The van der Waals surface area contributed by atoms with Crippen molar-refractivity contribution < 1.29 is 0 Å². The number of hydrogen-bond acceptors (Lipinski definition) is 3. The van der Waals surface area contributed by atoms with Crippen LogP contribution in [-0.4, -0.2) is 14.6 Å². The Morgan fingerprint density at radius 1 is 1.24 bits per heavy atom. The molecule has 3 rings (SSSR count). The lowest BCUT2D eigenvalue weighted by atomic mass is 10.1. The number of benzene rings is 1. The minimum Gasteiger partial charge on any atom is -0.303 e. The highest BCUT2D eigenvalue weighted by atomic mass is 35.5. The van der Waals surface area contributed by atoms with Crippen molar-refractivity contribution in [2.75, 3.05) is 0 Å². The maximum absolute atomic E-state index is 5.98. The van der Waals surface area contributed by atoms with Crippen LogP contribution in [0, 0.1) is 6.92 Å². The van der Waals surface area contributed by atoms with Gasteiger partial charge in [-0.05, 0) is 49.2 Å². The number of aromatic nitrogens is 3. The highest BCUT2D eigenvalue weighted by Crippen LogP contribution is 2.17. The fourth-order valence-corrected chi connectivity index (χ4v) is 2.59. The van der Waals surface area contributed by atoms with E-state index in [1.807, 2.05) is 40.9 Å². The Labute approximate surface area is 128 Å². The van der Waals surface area contributed by atoms with E-state index in [-0.39, 0.29) is 6.04 Å². The Kier molecular flexibility index (Phi) is 3.90. The van der Waals surface area contributed by atoms with Crippen molar-refractivity contribution >= 4 is 17.2 Å². The first-order valence-electron chi connectivity index (χ1n) is 6.93. The molecule has 2 heterocycles. The fraction of sp³-hybridized carbons (Fsp3) is 0.250. The Hall–Kier alpha value is -1.91. The molecule has 0 fully saturated rings. The van der Waals surface area contributed by atoms with Crippen LogP contribution in [0.2, 0.25) is 5.02 Å². The van der Waals surface area contributed by atoms with Gasteiger partial charge in [0.2, 0.25) is 0 Å². The first kappa shape index (κ1) is 14.0. The van der Waals surface area contributed by atoms with E-state index in [2.05, 4.69) is 35.4 Å². The molecule has 5 heteroatoms. The average molecular weight is 301 g/mol. The normalized spacial score (nSPS) is 12.7. The lowest BCUT2D eigenvalue weighted by Gasteiger charge is -2.13. The summed E-state index contributed by atoms with van der Waals surface area (Å²) in [6, 6.07) is 12.0. The molecular formula is C16H17ClN4. The maximum Gasteiger partial charge on any atom is 0.160 e. The second kappa shape index (κ2) is 5.84. The Morgan fingerprint density at radius 2 is 2.10 bits per heavy atom. The second-order valence-corrected chi connectivity index (χ2v) is 5.60. The molecule has 0 aliphatic heterocycles. The molecule has 1 atom stereocenters. The molecule has 1 aromatic carbocycles. The molecule has 108 valence electrons. The predicted octanol–water partition coefficient (Wildman–Crippen LogP) is 3.54. The predicted molar refractivity (Wildman–Crippen MR) is 84.4 cm³/mol. The molecule has 0 saturated carbocycles. The largest absolute Gasteiger partial charge is 0.303 e. The summed E-state index contributed by atoms with van der Waals surface area (Å²) in [4.78, 5) is 0. The average Bonchev–Trinajstić information content (AvgIpc) is 2.90. The summed E-state index contributed by atoms with van der Waals surface area (Å²) in [5, 5.41) is 12.7. The lowest BCUT2D eigenvalue weighted by Crippen LogP contribution is -2.20. The number of halogens is 1. The summed E-state index contributed by atoms with van der Waals surface area (Å²) in [7, 11) is 0. The molecule has 0 saturated heterocycles. The van der Waals surface area contributed by atoms with Gasteiger partial charge in [0.25, 0.3) is 0 Å². The van der Waals surface area contributed by atoms with Crippen LogP contribution in [0.15, 0.2) is 42.6 Å². The molecule has 0 radical (unpaired) electrons. The van der Waals surface area contributed by atoms with Crippen molar-refractivity contribution in [1.29, 1.82) is 0 Å². The summed E-state index contributed by atoms with van der Waals surface area (Å²) < 4.78 is 2.01. The number of fused-ring (bicyclic) bond motifs is 1. The van der Waals surface area contributed by atoms with Gasteiger partial charge in [0.05, 0.1) is 6.04 Å². The third-order valence-corrected chi connectivity index (χ3v) is 3.87. The number of rotatable bonds is 4. The van der Waals surface area contributed by atoms with Gasteiger partial charge in [-0.3, -0.25) is 4.40 Å². The summed E-state index contributed by atoms with van der Waals surface area (Å²) in [5.41, 5.74) is 3.29. The zero-order chi connectivity index (χ0) is 14.8. The van der Waals surface area contributed by atoms with Crippen LogP contribution in [0.5, 0.6) is 0 Å². The fourth-order valence-electron chi connectivity index (χ4n) is 2.37. The standard InChI is InChI=1S/C16H17ClN4/c1-11-9-14(17)7-6-13(11)10-18-12(2)16-20-19-15-5-3-4-8-21(15)16/h3-9,12,18H,10H2,1-2H3. The quantitative estimate of drug-likeness (QED) is 0.801. The maximum atomic E-state index is 5.98. The molecule has 3 aromatic rings. The van der Waals surface area contributed by atoms with E-state index in [1.165, 1.54) is 11.1 Å². The van der Waals surface area contributed by atoms with E-state index in [4.69, 9.17) is 11.6 Å². The Balaban J connectivity index is 1.76. The van der Waals surface area contributed by atoms with Gasteiger partial charge < -0.3 is 5.32 Å². The van der Waals surface area contributed by atoms with E-state index in [0.29, 0.717) is 0 Å². The number of pyridine rings is 1. The molecule has 0 bridgehead atoms. The van der Waals surface area contributed by atoms with Crippen LogP contribution in [0.1, 0.15) is 29.9 Å². The minimum absolute atomic E-state index is 0.109. The first-order chi connectivity index (χ1) is 10.1. The van der Waals surface area contributed by atoms with Gasteiger partial charge in [0.1, 0.15) is 0 Å². The summed E-state index contributed by atoms with van der Waals surface area (Å²) in [5.74, 6) is 0.914. The Bertz CT molecular complexity index is 766. The molecule has 2 aromatic heterocycles. The van der Waals surface area contributed by atoms with E-state index in [0.717, 1.165) is 23.0 Å². The van der Waals surface area contributed by atoms with Crippen molar-refractivity contribution in [3.63, 3.8) is 0 Å². The number of aryl methyl sites for hydroxylation is 1. The van der Waals surface area contributed by atoms with Crippen molar-refractivity contribution in [1.82, 2.24) is 19.9 Å². The number of nitrogens with one attached hydrogen (secondary N) is 1. The third kappa shape index (κ3) is 2.91. The van der Waals surface area contributed by atoms with Crippen molar-refractivity contribution in [3.05, 3.63) is 64.6 Å². The molecule has 21 heavy (non-hydrogen) atoms. The molecular weight excluding hydrogens is 284 g/mol. The monoisotopic (exact) mass is 300 g/mol. The van der Waals surface area contributed by atoms with Crippen molar-refractivity contribution in [2.24, 2.45) is 0 Å². The zero-order valence-corrected chi connectivity index (χ0v) is 12.8. The molecule has 1 unspecified atom stereocenters. The number of hydrogen-bond donors (Lipinski definition) is 1. The molecule has 0 amide bonds.